The maximum absolute atomic E-state index is 11.2. The Balaban J connectivity index is 2.33. The number of carbonyl (C=O) groups excluding carboxylic acids is 2. The number of hydrogen-bond donors (Lipinski definition) is 0. The van der Waals surface area contributed by atoms with Gasteiger partial charge in [0, 0.05) is 13.3 Å². The van der Waals surface area contributed by atoms with Crippen LogP contribution in [0.3, 0.4) is 0 Å². The summed E-state index contributed by atoms with van der Waals surface area (Å²) in [6, 6.07) is 0. The molecule has 0 unspecified atom stereocenters. The Kier molecular flexibility index (Phi) is 3.88. The maximum atomic E-state index is 11.2. The van der Waals surface area contributed by atoms with Gasteiger partial charge in [-0.2, -0.15) is 0 Å². The fourth-order valence-corrected chi connectivity index (χ4v) is 1.29. The van der Waals surface area contributed by atoms with E-state index in [4.69, 9.17) is 14.2 Å². The average Bonchev–Trinajstić information content (AvgIpc) is 2.52. The molecule has 14 heavy (non-hydrogen) atoms. The first-order valence-corrected chi connectivity index (χ1v) is 4.62. The van der Waals surface area contributed by atoms with Gasteiger partial charge < -0.3 is 14.2 Å². The first kappa shape index (κ1) is 11.0. The van der Waals surface area contributed by atoms with Gasteiger partial charge in [0.05, 0.1) is 6.61 Å². The monoisotopic (exact) mass is 202 g/mol. The molecule has 1 heterocycles. The van der Waals surface area contributed by atoms with Crippen molar-refractivity contribution in [2.24, 2.45) is 0 Å². The zero-order valence-electron chi connectivity index (χ0n) is 8.32. The normalized spacial score (nSPS) is 25.9. The zero-order valence-corrected chi connectivity index (χ0v) is 8.32. The molecule has 80 valence electrons. The van der Waals surface area contributed by atoms with E-state index in [-0.39, 0.29) is 5.97 Å². The lowest BCUT2D eigenvalue weighted by molar-refractivity contribution is -0.183. The highest BCUT2D eigenvalue weighted by Crippen LogP contribution is 2.21. The van der Waals surface area contributed by atoms with Crippen molar-refractivity contribution in [2.75, 3.05) is 6.61 Å². The largest absolute Gasteiger partial charge is 0.464 e. The lowest BCUT2D eigenvalue weighted by Gasteiger charge is -2.12. The van der Waals surface area contributed by atoms with Crippen LogP contribution in [0.1, 0.15) is 26.7 Å². The summed E-state index contributed by atoms with van der Waals surface area (Å²) in [5, 5.41) is 0. The number of hydrogen-bond acceptors (Lipinski definition) is 5. The van der Waals surface area contributed by atoms with E-state index in [1.807, 2.05) is 0 Å². The molecule has 0 amide bonds. The molecular formula is C9H14O5. The highest BCUT2D eigenvalue weighted by Gasteiger charge is 2.33. The quantitative estimate of drug-likeness (QED) is 0.628. The molecular weight excluding hydrogens is 188 g/mol. The summed E-state index contributed by atoms with van der Waals surface area (Å²) < 4.78 is 14.7. The van der Waals surface area contributed by atoms with E-state index in [1.54, 1.807) is 6.92 Å². The third-order valence-electron chi connectivity index (χ3n) is 1.83. The number of carbonyl (C=O) groups is 2. The molecule has 2 atom stereocenters. The lowest BCUT2D eigenvalue weighted by Crippen LogP contribution is -2.25. The highest BCUT2D eigenvalue weighted by molar-refractivity contribution is 5.75. The lowest BCUT2D eigenvalue weighted by atomic mass is 10.2. The first-order valence-electron chi connectivity index (χ1n) is 4.62. The molecule has 0 radical (unpaired) electrons. The molecule has 1 fully saturated rings. The van der Waals surface area contributed by atoms with Gasteiger partial charge in [-0.05, 0) is 13.3 Å². The third kappa shape index (κ3) is 2.99. The molecule has 5 nitrogen and oxygen atoms in total. The molecule has 0 N–H and O–H groups in total. The van der Waals surface area contributed by atoms with Crippen LogP contribution in [-0.2, 0) is 23.8 Å². The highest BCUT2D eigenvalue weighted by atomic mass is 16.7. The second kappa shape index (κ2) is 4.95. The molecule has 5 heteroatoms. The zero-order chi connectivity index (χ0) is 10.6. The number of rotatable bonds is 3. The van der Waals surface area contributed by atoms with Gasteiger partial charge in [0.2, 0.25) is 6.29 Å². The van der Waals surface area contributed by atoms with Gasteiger partial charge >= 0.3 is 11.9 Å². The SMILES string of the molecule is CCOC(=O)[C@H]1CC[C@@H](OC(C)=O)O1. The van der Waals surface area contributed by atoms with Crippen LogP contribution < -0.4 is 0 Å². The second-order valence-corrected chi connectivity index (χ2v) is 2.99. The standard InChI is InChI=1S/C9H14O5/c1-3-12-9(11)7-4-5-8(14-7)13-6(2)10/h7-8H,3-5H2,1-2H3/t7-,8+/m1/s1. The summed E-state index contributed by atoms with van der Waals surface area (Å²) in [5.74, 6) is -0.790. The van der Waals surface area contributed by atoms with Gasteiger partial charge in [0.25, 0.3) is 0 Å². The van der Waals surface area contributed by atoms with Gasteiger partial charge in [0.15, 0.2) is 6.10 Å². The van der Waals surface area contributed by atoms with Crippen LogP contribution in [0.5, 0.6) is 0 Å². The van der Waals surface area contributed by atoms with Crippen LogP contribution in [0, 0.1) is 0 Å². The molecule has 0 aromatic carbocycles. The van der Waals surface area contributed by atoms with Crippen LogP contribution in [0.2, 0.25) is 0 Å². The minimum absolute atomic E-state index is 0.330. The fraction of sp³-hybridized carbons (Fsp3) is 0.778. The van der Waals surface area contributed by atoms with Gasteiger partial charge in [-0.3, -0.25) is 4.79 Å². The van der Waals surface area contributed by atoms with E-state index < -0.39 is 18.4 Å². The van der Waals surface area contributed by atoms with E-state index in [2.05, 4.69) is 0 Å². The summed E-state index contributed by atoms with van der Waals surface area (Å²) in [6.45, 7) is 3.37. The molecule has 0 bridgehead atoms. The van der Waals surface area contributed by atoms with Crippen molar-refractivity contribution >= 4 is 11.9 Å². The minimum atomic E-state index is -0.595. The van der Waals surface area contributed by atoms with E-state index in [0.717, 1.165) is 0 Å². The Bertz CT molecular complexity index is 225. The Morgan fingerprint density at radius 3 is 2.71 bits per heavy atom. The van der Waals surface area contributed by atoms with Crippen molar-refractivity contribution in [2.45, 2.75) is 39.1 Å². The van der Waals surface area contributed by atoms with Crippen molar-refractivity contribution < 1.29 is 23.8 Å². The summed E-state index contributed by atoms with van der Waals surface area (Å²) in [6.07, 6.45) is -0.0963. The maximum Gasteiger partial charge on any atom is 0.335 e. The van der Waals surface area contributed by atoms with Crippen LogP contribution in [0.4, 0.5) is 0 Å². The molecule has 0 aromatic heterocycles. The molecule has 0 saturated carbocycles. The van der Waals surface area contributed by atoms with Gasteiger partial charge in [-0.15, -0.1) is 0 Å². The smallest absolute Gasteiger partial charge is 0.335 e. The number of esters is 2. The second-order valence-electron chi connectivity index (χ2n) is 2.99. The predicted octanol–water partition coefficient (Wildman–Crippen LogP) is 0.618. The predicted molar refractivity (Wildman–Crippen MR) is 46.3 cm³/mol. The van der Waals surface area contributed by atoms with E-state index in [9.17, 15) is 9.59 Å². The van der Waals surface area contributed by atoms with E-state index >= 15 is 0 Å². The molecule has 0 aliphatic carbocycles. The van der Waals surface area contributed by atoms with Gasteiger partial charge in [0.1, 0.15) is 0 Å². The van der Waals surface area contributed by atoms with Crippen LogP contribution >= 0.6 is 0 Å². The summed E-state index contributed by atoms with van der Waals surface area (Å²) >= 11 is 0. The summed E-state index contributed by atoms with van der Waals surface area (Å²) in [7, 11) is 0. The van der Waals surface area contributed by atoms with Crippen LogP contribution in [-0.4, -0.2) is 30.9 Å². The molecule has 0 spiro atoms. The molecule has 0 aromatic rings. The third-order valence-corrected chi connectivity index (χ3v) is 1.83. The molecule has 1 saturated heterocycles. The van der Waals surface area contributed by atoms with Crippen molar-refractivity contribution in [1.29, 1.82) is 0 Å². The molecule has 1 aliphatic rings. The molecule has 1 aliphatic heterocycles. The molecule has 1 rings (SSSR count). The fourth-order valence-electron chi connectivity index (χ4n) is 1.29. The van der Waals surface area contributed by atoms with E-state index in [0.29, 0.717) is 19.4 Å². The van der Waals surface area contributed by atoms with Crippen molar-refractivity contribution in [1.82, 2.24) is 0 Å². The van der Waals surface area contributed by atoms with Gasteiger partial charge in [-0.25, -0.2) is 4.79 Å². The van der Waals surface area contributed by atoms with E-state index in [1.165, 1.54) is 6.92 Å². The van der Waals surface area contributed by atoms with Crippen molar-refractivity contribution in [3.05, 3.63) is 0 Å². The Morgan fingerprint density at radius 1 is 1.43 bits per heavy atom. The first-order chi connectivity index (χ1) is 6.63. The Labute approximate surface area is 82.3 Å². The summed E-state index contributed by atoms with van der Waals surface area (Å²) in [4.78, 5) is 21.8. The van der Waals surface area contributed by atoms with Crippen LogP contribution in [0.15, 0.2) is 0 Å². The van der Waals surface area contributed by atoms with Crippen molar-refractivity contribution in [3.8, 4) is 0 Å². The summed E-state index contributed by atoms with van der Waals surface area (Å²) in [5.41, 5.74) is 0. The average molecular weight is 202 g/mol. The number of ether oxygens (including phenoxy) is 3. The van der Waals surface area contributed by atoms with Gasteiger partial charge in [-0.1, -0.05) is 0 Å². The Hall–Kier alpha value is -1.10. The van der Waals surface area contributed by atoms with Crippen molar-refractivity contribution in [3.63, 3.8) is 0 Å². The van der Waals surface area contributed by atoms with Crippen LogP contribution in [0.25, 0.3) is 0 Å². The Morgan fingerprint density at radius 2 is 2.14 bits per heavy atom. The minimum Gasteiger partial charge on any atom is -0.464 e. The topological polar surface area (TPSA) is 61.8 Å².